The number of aromatic carboxylic acids is 1. The summed E-state index contributed by atoms with van der Waals surface area (Å²) in [7, 11) is 0. The Labute approximate surface area is 168 Å². The number of rotatable bonds is 5. The lowest BCUT2D eigenvalue weighted by atomic mass is 10.1. The van der Waals surface area contributed by atoms with Crippen LogP contribution in [0.5, 0.6) is 11.5 Å². The molecule has 1 heterocycles. The van der Waals surface area contributed by atoms with Gasteiger partial charge < -0.3 is 15.3 Å². The van der Waals surface area contributed by atoms with Gasteiger partial charge in [0.2, 0.25) is 0 Å². The topological polar surface area (TPSA) is 144 Å². The van der Waals surface area contributed by atoms with Crippen LogP contribution >= 0.6 is 11.3 Å². The Hall–Kier alpha value is -4.16. The van der Waals surface area contributed by atoms with Crippen molar-refractivity contribution in [2.45, 2.75) is 0 Å². The zero-order valence-corrected chi connectivity index (χ0v) is 15.5. The number of carboxylic acid groups (broad SMARTS) is 1. The first-order chi connectivity index (χ1) is 13.9. The molecule has 1 aromatic heterocycles. The number of nitrogens with one attached hydrogen (secondary N) is 1. The van der Waals surface area contributed by atoms with Gasteiger partial charge in [0.05, 0.1) is 11.3 Å². The second-order valence-corrected chi connectivity index (χ2v) is 6.65. The fourth-order valence-corrected chi connectivity index (χ4v) is 3.07. The number of hydrogen-bond acceptors (Lipinski definition) is 7. The molecule has 0 unspecified atom stereocenters. The molecule has 0 aliphatic carbocycles. The fraction of sp³-hybridized carbons (Fsp3) is 0. The van der Waals surface area contributed by atoms with Crippen molar-refractivity contribution in [1.82, 2.24) is 4.98 Å². The number of carboxylic acids is 1. The van der Waals surface area contributed by atoms with E-state index in [2.05, 4.69) is 10.3 Å². The van der Waals surface area contributed by atoms with Crippen molar-refractivity contribution in [2.75, 3.05) is 5.32 Å². The third kappa shape index (κ3) is 4.58. The highest BCUT2D eigenvalue weighted by Crippen LogP contribution is 2.27. The number of amides is 1. The second kappa shape index (κ2) is 8.24. The Morgan fingerprint density at radius 3 is 2.45 bits per heavy atom. The normalized spacial score (nSPS) is 10.9. The molecule has 144 valence electrons. The monoisotopic (exact) mass is 407 g/mol. The third-order valence-corrected chi connectivity index (χ3v) is 4.59. The molecular formula is C20H13N3O5S. The molecule has 0 bridgehead atoms. The van der Waals surface area contributed by atoms with Crippen LogP contribution < -0.4 is 5.32 Å². The summed E-state index contributed by atoms with van der Waals surface area (Å²) >= 11 is 1.15. The number of phenols is 2. The highest BCUT2D eigenvalue weighted by atomic mass is 32.1. The van der Waals surface area contributed by atoms with Crippen LogP contribution in [0, 0.1) is 11.3 Å². The van der Waals surface area contributed by atoms with Crippen molar-refractivity contribution in [2.24, 2.45) is 0 Å². The van der Waals surface area contributed by atoms with E-state index in [9.17, 15) is 25.1 Å². The van der Waals surface area contributed by atoms with Crippen LogP contribution in [0.2, 0.25) is 0 Å². The molecular weight excluding hydrogens is 394 g/mol. The van der Waals surface area contributed by atoms with Gasteiger partial charge in [-0.05, 0) is 35.9 Å². The Morgan fingerprint density at radius 1 is 1.10 bits per heavy atom. The first-order valence-electron chi connectivity index (χ1n) is 8.12. The van der Waals surface area contributed by atoms with E-state index in [0.717, 1.165) is 11.3 Å². The van der Waals surface area contributed by atoms with Crippen LogP contribution in [0.4, 0.5) is 5.13 Å². The minimum Gasteiger partial charge on any atom is -0.504 e. The Morgan fingerprint density at radius 2 is 1.83 bits per heavy atom. The molecule has 0 fully saturated rings. The van der Waals surface area contributed by atoms with Gasteiger partial charge in [-0.2, -0.15) is 5.26 Å². The number of aromatic hydroxyl groups is 2. The molecule has 0 aliphatic rings. The van der Waals surface area contributed by atoms with Crippen LogP contribution in [0.1, 0.15) is 15.9 Å². The van der Waals surface area contributed by atoms with E-state index in [1.165, 1.54) is 36.4 Å². The molecule has 0 atom stereocenters. The van der Waals surface area contributed by atoms with E-state index in [-0.39, 0.29) is 27.8 Å². The molecule has 0 saturated heterocycles. The molecule has 29 heavy (non-hydrogen) atoms. The molecule has 0 radical (unpaired) electrons. The maximum absolute atomic E-state index is 12.4. The van der Waals surface area contributed by atoms with Crippen LogP contribution in [-0.2, 0) is 4.79 Å². The van der Waals surface area contributed by atoms with Gasteiger partial charge >= 0.3 is 5.97 Å². The highest BCUT2D eigenvalue weighted by Gasteiger charge is 2.13. The summed E-state index contributed by atoms with van der Waals surface area (Å²) in [6.07, 6.45) is 1.27. The van der Waals surface area contributed by atoms with Crippen molar-refractivity contribution in [1.29, 1.82) is 5.26 Å². The summed E-state index contributed by atoms with van der Waals surface area (Å²) in [5.74, 6) is -2.38. The first-order valence-corrected chi connectivity index (χ1v) is 8.99. The summed E-state index contributed by atoms with van der Waals surface area (Å²) in [5.41, 5.74) is 1.54. The van der Waals surface area contributed by atoms with Gasteiger partial charge in [-0.3, -0.25) is 10.1 Å². The van der Waals surface area contributed by atoms with E-state index in [1.54, 1.807) is 23.6 Å². The van der Waals surface area contributed by atoms with Crippen LogP contribution in [0.15, 0.2) is 53.4 Å². The lowest BCUT2D eigenvalue weighted by molar-refractivity contribution is -0.112. The predicted molar refractivity (Wildman–Crippen MR) is 107 cm³/mol. The van der Waals surface area contributed by atoms with E-state index in [0.29, 0.717) is 16.8 Å². The highest BCUT2D eigenvalue weighted by molar-refractivity contribution is 7.14. The van der Waals surface area contributed by atoms with Crippen LogP contribution in [0.25, 0.3) is 17.3 Å². The lowest BCUT2D eigenvalue weighted by Crippen LogP contribution is -2.13. The molecule has 0 spiro atoms. The van der Waals surface area contributed by atoms with Crippen molar-refractivity contribution in [3.05, 3.63) is 64.5 Å². The van der Waals surface area contributed by atoms with Crippen LogP contribution in [-0.4, -0.2) is 32.2 Å². The summed E-state index contributed by atoms with van der Waals surface area (Å²) in [4.78, 5) is 27.5. The van der Waals surface area contributed by atoms with Gasteiger partial charge in [0.1, 0.15) is 11.6 Å². The number of hydrogen-bond donors (Lipinski definition) is 4. The average molecular weight is 407 g/mol. The molecule has 9 heteroatoms. The smallest absolute Gasteiger partial charge is 0.335 e. The molecule has 1 amide bonds. The minimum absolute atomic E-state index is 0.154. The van der Waals surface area contributed by atoms with Gasteiger partial charge in [0.25, 0.3) is 5.91 Å². The number of thiazole rings is 1. The van der Waals surface area contributed by atoms with E-state index in [4.69, 9.17) is 5.11 Å². The van der Waals surface area contributed by atoms with E-state index in [1.807, 2.05) is 0 Å². The zero-order chi connectivity index (χ0) is 21.0. The number of nitrogens with zero attached hydrogens (tertiary/aromatic N) is 2. The number of anilines is 1. The summed E-state index contributed by atoms with van der Waals surface area (Å²) in [5, 5.41) is 41.5. The predicted octanol–water partition coefficient (Wildman–Crippen LogP) is 3.47. The summed E-state index contributed by atoms with van der Waals surface area (Å²) in [6, 6.07) is 11.8. The number of benzene rings is 2. The van der Waals surface area contributed by atoms with E-state index < -0.39 is 11.9 Å². The summed E-state index contributed by atoms with van der Waals surface area (Å²) in [6.45, 7) is 0. The van der Waals surface area contributed by atoms with Gasteiger partial charge in [-0.25, -0.2) is 9.78 Å². The number of phenolic OH excluding ortho intramolecular Hbond substituents is 2. The lowest BCUT2D eigenvalue weighted by Gasteiger charge is -2.02. The molecule has 2 aromatic carbocycles. The molecule has 4 N–H and O–H groups in total. The van der Waals surface area contributed by atoms with Gasteiger partial charge in [0, 0.05) is 10.9 Å². The third-order valence-electron chi connectivity index (χ3n) is 3.83. The molecule has 8 nitrogen and oxygen atoms in total. The van der Waals surface area contributed by atoms with Gasteiger partial charge in [-0.15, -0.1) is 11.3 Å². The van der Waals surface area contributed by atoms with Crippen molar-refractivity contribution in [3.8, 4) is 28.8 Å². The zero-order valence-electron chi connectivity index (χ0n) is 14.7. The van der Waals surface area contributed by atoms with Gasteiger partial charge in [-0.1, -0.05) is 18.2 Å². The molecule has 3 rings (SSSR count). The number of aromatic nitrogens is 1. The van der Waals surface area contributed by atoms with E-state index >= 15 is 0 Å². The minimum atomic E-state index is -1.03. The number of carbonyl (C=O) groups is 2. The number of carbonyl (C=O) groups excluding carboxylic acids is 1. The van der Waals surface area contributed by atoms with Crippen LogP contribution in [0.3, 0.4) is 0 Å². The van der Waals surface area contributed by atoms with Gasteiger partial charge in [0.15, 0.2) is 16.6 Å². The largest absolute Gasteiger partial charge is 0.504 e. The Bertz CT molecular complexity index is 1160. The molecule has 0 aliphatic heterocycles. The second-order valence-electron chi connectivity index (χ2n) is 5.79. The SMILES string of the molecule is N#CC(=Cc1ccc(O)c(O)c1)C(=O)Nc1nc(-c2ccc(C(=O)O)cc2)cs1. The molecule has 3 aromatic rings. The summed E-state index contributed by atoms with van der Waals surface area (Å²) < 4.78 is 0. The maximum Gasteiger partial charge on any atom is 0.335 e. The van der Waals surface area contributed by atoms with Crippen molar-refractivity contribution in [3.63, 3.8) is 0 Å². The van der Waals surface area contributed by atoms with Crippen molar-refractivity contribution < 1.29 is 24.9 Å². The quantitative estimate of drug-likeness (QED) is 0.288. The van der Waals surface area contributed by atoms with Crippen molar-refractivity contribution >= 4 is 34.4 Å². The Balaban J connectivity index is 1.76. The Kier molecular flexibility index (Phi) is 5.57. The number of nitriles is 1. The maximum atomic E-state index is 12.4. The first kappa shape index (κ1) is 19.6. The standard InChI is InChI=1S/C20H13N3O5S/c21-9-14(7-11-1-6-16(24)17(25)8-11)18(26)23-20-22-15(10-29-20)12-2-4-13(5-3-12)19(27)28/h1-8,10,24-25H,(H,27,28)(H,22,23,26). The average Bonchev–Trinajstić information content (AvgIpc) is 3.17. The molecule has 0 saturated carbocycles. The fourth-order valence-electron chi connectivity index (χ4n) is 2.36.